The standard InChI is InChI=1S/C19H22ClN5/c1-24(2)19(17-10-6-7-11-18(17)20)14-21-12-15-13-22-25(23-15)16-8-4-3-5-9-16/h3-11,13,19,21H,12,14H2,1-2H3/t19-/m0/s1. The number of hydrogen-bond acceptors (Lipinski definition) is 4. The minimum atomic E-state index is 0.192. The van der Waals surface area contributed by atoms with E-state index in [1.54, 1.807) is 11.0 Å². The lowest BCUT2D eigenvalue weighted by Gasteiger charge is -2.25. The summed E-state index contributed by atoms with van der Waals surface area (Å²) in [7, 11) is 4.11. The SMILES string of the molecule is CN(C)[C@@H](CNCc1cnn(-c2ccccc2)n1)c1ccccc1Cl. The van der Waals surface area contributed by atoms with E-state index in [-0.39, 0.29) is 6.04 Å². The third-order valence-corrected chi connectivity index (χ3v) is 4.40. The van der Waals surface area contributed by atoms with Crippen molar-refractivity contribution >= 4 is 11.6 Å². The normalized spacial score (nSPS) is 12.5. The topological polar surface area (TPSA) is 46.0 Å². The average Bonchev–Trinajstić information content (AvgIpc) is 3.09. The predicted molar refractivity (Wildman–Crippen MR) is 101 cm³/mol. The Hall–Kier alpha value is -2.21. The molecule has 6 heteroatoms. The van der Waals surface area contributed by atoms with E-state index >= 15 is 0 Å². The summed E-state index contributed by atoms with van der Waals surface area (Å²) in [6.07, 6.45) is 1.79. The molecule has 1 atom stereocenters. The number of para-hydroxylation sites is 1. The molecule has 0 aliphatic heterocycles. The summed E-state index contributed by atoms with van der Waals surface area (Å²) < 4.78 is 0. The zero-order valence-electron chi connectivity index (χ0n) is 14.4. The lowest BCUT2D eigenvalue weighted by Crippen LogP contribution is -2.31. The molecule has 1 N–H and O–H groups in total. The number of nitrogens with one attached hydrogen (secondary N) is 1. The summed E-state index contributed by atoms with van der Waals surface area (Å²) in [4.78, 5) is 3.81. The molecule has 0 unspecified atom stereocenters. The highest BCUT2D eigenvalue weighted by atomic mass is 35.5. The fourth-order valence-corrected chi connectivity index (χ4v) is 2.98. The number of nitrogens with zero attached hydrogens (tertiary/aromatic N) is 4. The third-order valence-electron chi connectivity index (χ3n) is 4.06. The molecular formula is C19H22ClN5. The average molecular weight is 356 g/mol. The van der Waals surface area contributed by atoms with E-state index in [0.29, 0.717) is 6.54 Å². The van der Waals surface area contributed by atoms with Crippen molar-refractivity contribution in [2.45, 2.75) is 12.6 Å². The number of likely N-dealkylation sites (N-methyl/N-ethyl adjacent to an activating group) is 1. The minimum Gasteiger partial charge on any atom is -0.309 e. The summed E-state index contributed by atoms with van der Waals surface area (Å²) in [5, 5.41) is 13.1. The van der Waals surface area contributed by atoms with Gasteiger partial charge in [0.2, 0.25) is 0 Å². The molecule has 25 heavy (non-hydrogen) atoms. The van der Waals surface area contributed by atoms with Gasteiger partial charge >= 0.3 is 0 Å². The molecule has 0 spiro atoms. The maximum absolute atomic E-state index is 6.35. The van der Waals surface area contributed by atoms with Crippen molar-refractivity contribution in [2.75, 3.05) is 20.6 Å². The van der Waals surface area contributed by atoms with Crippen LogP contribution in [-0.4, -0.2) is 40.5 Å². The zero-order valence-corrected chi connectivity index (χ0v) is 15.2. The first kappa shape index (κ1) is 17.6. The largest absolute Gasteiger partial charge is 0.309 e. The highest BCUT2D eigenvalue weighted by Gasteiger charge is 2.16. The molecule has 0 aliphatic carbocycles. The lowest BCUT2D eigenvalue weighted by molar-refractivity contribution is 0.288. The van der Waals surface area contributed by atoms with Crippen molar-refractivity contribution in [2.24, 2.45) is 0 Å². The Morgan fingerprint density at radius 1 is 1.08 bits per heavy atom. The molecule has 0 radical (unpaired) electrons. The molecule has 3 rings (SSSR count). The van der Waals surface area contributed by atoms with Crippen molar-refractivity contribution in [3.8, 4) is 5.69 Å². The van der Waals surface area contributed by atoms with Crippen LogP contribution in [0.5, 0.6) is 0 Å². The summed E-state index contributed by atoms with van der Waals surface area (Å²) in [5.41, 5.74) is 2.98. The molecule has 1 heterocycles. The molecule has 3 aromatic rings. The van der Waals surface area contributed by atoms with Gasteiger partial charge in [0.05, 0.1) is 17.6 Å². The van der Waals surface area contributed by atoms with E-state index in [9.17, 15) is 0 Å². The van der Waals surface area contributed by atoms with Crippen LogP contribution in [0.15, 0.2) is 60.8 Å². The second-order valence-corrected chi connectivity index (χ2v) is 6.50. The van der Waals surface area contributed by atoms with Crippen LogP contribution in [0.1, 0.15) is 17.3 Å². The molecule has 2 aromatic carbocycles. The maximum Gasteiger partial charge on any atom is 0.0969 e. The summed E-state index contributed by atoms with van der Waals surface area (Å²) in [6, 6.07) is 18.1. The Morgan fingerprint density at radius 3 is 2.52 bits per heavy atom. The van der Waals surface area contributed by atoms with Crippen LogP contribution in [0.4, 0.5) is 0 Å². The van der Waals surface area contributed by atoms with Crippen LogP contribution < -0.4 is 5.32 Å². The Bertz CT molecular complexity index is 800. The fourth-order valence-electron chi connectivity index (χ4n) is 2.71. The number of halogens is 1. The summed E-state index contributed by atoms with van der Waals surface area (Å²) in [6.45, 7) is 1.43. The Kier molecular flexibility index (Phi) is 5.81. The van der Waals surface area contributed by atoms with Gasteiger partial charge in [0, 0.05) is 24.2 Å². The second-order valence-electron chi connectivity index (χ2n) is 6.09. The van der Waals surface area contributed by atoms with Gasteiger partial charge in [-0.1, -0.05) is 48.0 Å². The van der Waals surface area contributed by atoms with E-state index in [4.69, 9.17) is 11.6 Å². The van der Waals surface area contributed by atoms with Gasteiger partial charge in [0.25, 0.3) is 0 Å². The van der Waals surface area contributed by atoms with Gasteiger partial charge in [0.15, 0.2) is 0 Å². The van der Waals surface area contributed by atoms with E-state index in [0.717, 1.165) is 28.5 Å². The van der Waals surface area contributed by atoms with Crippen molar-refractivity contribution < 1.29 is 0 Å². The number of rotatable bonds is 7. The minimum absolute atomic E-state index is 0.192. The van der Waals surface area contributed by atoms with Crippen molar-refractivity contribution in [3.05, 3.63) is 77.1 Å². The van der Waals surface area contributed by atoms with Crippen molar-refractivity contribution in [3.63, 3.8) is 0 Å². The third kappa shape index (κ3) is 4.45. The predicted octanol–water partition coefficient (Wildman–Crippen LogP) is 3.31. The molecule has 0 saturated heterocycles. The van der Waals surface area contributed by atoms with Gasteiger partial charge in [-0.15, -0.1) is 0 Å². The molecular weight excluding hydrogens is 334 g/mol. The van der Waals surface area contributed by atoms with Gasteiger partial charge in [-0.05, 0) is 37.9 Å². The maximum atomic E-state index is 6.35. The van der Waals surface area contributed by atoms with Crippen LogP contribution in [0, 0.1) is 0 Å². The quantitative estimate of drug-likeness (QED) is 0.706. The molecule has 0 aliphatic rings. The van der Waals surface area contributed by atoms with E-state index in [1.165, 1.54) is 0 Å². The van der Waals surface area contributed by atoms with Crippen LogP contribution in [-0.2, 0) is 6.54 Å². The molecule has 5 nitrogen and oxygen atoms in total. The second kappa shape index (κ2) is 8.25. The van der Waals surface area contributed by atoms with Crippen molar-refractivity contribution in [1.29, 1.82) is 0 Å². The van der Waals surface area contributed by atoms with Gasteiger partial charge < -0.3 is 10.2 Å². The first-order valence-corrected chi connectivity index (χ1v) is 8.61. The van der Waals surface area contributed by atoms with E-state index < -0.39 is 0 Å². The lowest BCUT2D eigenvalue weighted by atomic mass is 10.1. The molecule has 0 amide bonds. The van der Waals surface area contributed by atoms with Crippen LogP contribution in [0.2, 0.25) is 5.02 Å². The molecule has 0 fully saturated rings. The molecule has 130 valence electrons. The van der Waals surface area contributed by atoms with Gasteiger partial charge in [0.1, 0.15) is 0 Å². The number of benzene rings is 2. The Balaban J connectivity index is 1.62. The molecule has 0 saturated carbocycles. The Labute approximate surface area is 153 Å². The van der Waals surface area contributed by atoms with E-state index in [1.807, 2.05) is 48.5 Å². The van der Waals surface area contributed by atoms with Gasteiger partial charge in [-0.25, -0.2) is 0 Å². The van der Waals surface area contributed by atoms with Crippen LogP contribution >= 0.6 is 11.6 Å². The van der Waals surface area contributed by atoms with Gasteiger partial charge in [-0.3, -0.25) is 0 Å². The number of hydrogen-bond donors (Lipinski definition) is 1. The highest BCUT2D eigenvalue weighted by Crippen LogP contribution is 2.25. The van der Waals surface area contributed by atoms with E-state index in [2.05, 4.69) is 40.6 Å². The smallest absolute Gasteiger partial charge is 0.0969 e. The zero-order chi connectivity index (χ0) is 17.6. The summed E-state index contributed by atoms with van der Waals surface area (Å²) >= 11 is 6.35. The summed E-state index contributed by atoms with van der Waals surface area (Å²) in [5.74, 6) is 0. The Morgan fingerprint density at radius 2 is 1.80 bits per heavy atom. The fraction of sp³-hybridized carbons (Fsp3) is 0.263. The first-order chi connectivity index (χ1) is 12.1. The monoisotopic (exact) mass is 355 g/mol. The van der Waals surface area contributed by atoms with Gasteiger partial charge in [-0.2, -0.15) is 15.0 Å². The molecule has 0 bridgehead atoms. The van der Waals surface area contributed by atoms with Crippen LogP contribution in [0.25, 0.3) is 5.69 Å². The first-order valence-electron chi connectivity index (χ1n) is 8.23. The van der Waals surface area contributed by atoms with Crippen molar-refractivity contribution in [1.82, 2.24) is 25.2 Å². The number of aromatic nitrogens is 3. The van der Waals surface area contributed by atoms with Crippen LogP contribution in [0.3, 0.4) is 0 Å². The highest BCUT2D eigenvalue weighted by molar-refractivity contribution is 6.31. The molecule has 1 aromatic heterocycles.